The van der Waals surface area contributed by atoms with Crippen LogP contribution < -0.4 is 10.1 Å². The molecule has 0 bridgehead atoms. The number of nitrogens with zero attached hydrogens (tertiary/aromatic N) is 2. The molecule has 0 radical (unpaired) electrons. The van der Waals surface area contributed by atoms with Crippen LogP contribution in [0.25, 0.3) is 0 Å². The lowest BCUT2D eigenvalue weighted by Gasteiger charge is -2.25. The summed E-state index contributed by atoms with van der Waals surface area (Å²) in [6.45, 7) is 5.00. The number of aromatic nitrogens is 2. The second-order valence-corrected chi connectivity index (χ2v) is 3.41. The van der Waals surface area contributed by atoms with Gasteiger partial charge in [0.05, 0.1) is 25.1 Å². The van der Waals surface area contributed by atoms with Gasteiger partial charge in [0.2, 0.25) is 5.88 Å². The molecule has 0 aliphatic carbocycles. The van der Waals surface area contributed by atoms with Crippen molar-refractivity contribution < 1.29 is 9.47 Å². The largest absolute Gasteiger partial charge is 0.468 e. The molecule has 15 heavy (non-hydrogen) atoms. The van der Waals surface area contributed by atoms with Crippen LogP contribution in [0.3, 0.4) is 0 Å². The summed E-state index contributed by atoms with van der Waals surface area (Å²) >= 11 is 0. The zero-order chi connectivity index (χ0) is 10.5. The molecular formula is C10H15N3O2. The molecule has 0 atom stereocenters. The smallest absolute Gasteiger partial charge is 0.233 e. The molecule has 5 nitrogen and oxygen atoms in total. The van der Waals surface area contributed by atoms with Gasteiger partial charge in [0.15, 0.2) is 0 Å². The van der Waals surface area contributed by atoms with Gasteiger partial charge in [-0.15, -0.1) is 0 Å². The SMILES string of the molecule is CCNCc1cncc(OC2COC2)n1. The Kier molecular flexibility index (Phi) is 3.47. The zero-order valence-electron chi connectivity index (χ0n) is 8.77. The lowest BCUT2D eigenvalue weighted by Crippen LogP contribution is -2.38. The molecule has 0 spiro atoms. The molecule has 1 aliphatic heterocycles. The van der Waals surface area contributed by atoms with Crippen molar-refractivity contribution >= 4 is 0 Å². The van der Waals surface area contributed by atoms with E-state index in [9.17, 15) is 0 Å². The van der Waals surface area contributed by atoms with E-state index in [4.69, 9.17) is 9.47 Å². The first-order chi connectivity index (χ1) is 7.38. The van der Waals surface area contributed by atoms with Crippen molar-refractivity contribution in [3.63, 3.8) is 0 Å². The van der Waals surface area contributed by atoms with E-state index < -0.39 is 0 Å². The van der Waals surface area contributed by atoms with Crippen LogP contribution in [0.1, 0.15) is 12.6 Å². The van der Waals surface area contributed by atoms with Gasteiger partial charge < -0.3 is 14.8 Å². The summed E-state index contributed by atoms with van der Waals surface area (Å²) in [5.41, 5.74) is 0.898. The Bertz CT molecular complexity index is 315. The van der Waals surface area contributed by atoms with Gasteiger partial charge in [-0.05, 0) is 6.54 Å². The fourth-order valence-electron chi connectivity index (χ4n) is 1.23. The van der Waals surface area contributed by atoms with Crippen LogP contribution in [0.15, 0.2) is 12.4 Å². The molecule has 2 rings (SSSR count). The Labute approximate surface area is 88.8 Å². The number of nitrogens with one attached hydrogen (secondary N) is 1. The van der Waals surface area contributed by atoms with Crippen molar-refractivity contribution in [2.45, 2.75) is 19.6 Å². The molecule has 1 aromatic heterocycles. The van der Waals surface area contributed by atoms with Gasteiger partial charge >= 0.3 is 0 Å². The van der Waals surface area contributed by atoms with Crippen LogP contribution in [0.5, 0.6) is 5.88 Å². The molecule has 1 N–H and O–H groups in total. The van der Waals surface area contributed by atoms with Crippen LogP contribution in [-0.4, -0.2) is 35.8 Å². The summed E-state index contributed by atoms with van der Waals surface area (Å²) in [6.07, 6.45) is 3.52. The Morgan fingerprint density at radius 3 is 3.07 bits per heavy atom. The van der Waals surface area contributed by atoms with E-state index in [1.807, 2.05) is 0 Å². The van der Waals surface area contributed by atoms with Gasteiger partial charge in [-0.1, -0.05) is 6.92 Å². The van der Waals surface area contributed by atoms with Crippen LogP contribution >= 0.6 is 0 Å². The maximum Gasteiger partial charge on any atom is 0.233 e. The Hall–Kier alpha value is -1.20. The summed E-state index contributed by atoms with van der Waals surface area (Å²) in [4.78, 5) is 8.41. The average Bonchev–Trinajstić information content (AvgIpc) is 2.21. The predicted molar refractivity (Wildman–Crippen MR) is 54.6 cm³/mol. The molecule has 0 aromatic carbocycles. The third-order valence-corrected chi connectivity index (χ3v) is 2.11. The molecule has 5 heteroatoms. The molecule has 0 unspecified atom stereocenters. The first-order valence-corrected chi connectivity index (χ1v) is 5.14. The highest BCUT2D eigenvalue weighted by molar-refractivity contribution is 5.09. The van der Waals surface area contributed by atoms with Crippen molar-refractivity contribution in [1.29, 1.82) is 0 Å². The molecule has 1 fully saturated rings. The van der Waals surface area contributed by atoms with Crippen molar-refractivity contribution in [1.82, 2.24) is 15.3 Å². The highest BCUT2D eigenvalue weighted by Crippen LogP contribution is 2.12. The lowest BCUT2D eigenvalue weighted by molar-refractivity contribution is -0.0815. The van der Waals surface area contributed by atoms with Crippen molar-refractivity contribution in [3.8, 4) is 5.88 Å². The van der Waals surface area contributed by atoms with Gasteiger partial charge in [0, 0.05) is 12.7 Å². The summed E-state index contributed by atoms with van der Waals surface area (Å²) in [5.74, 6) is 0.582. The van der Waals surface area contributed by atoms with Crippen molar-refractivity contribution in [3.05, 3.63) is 18.1 Å². The van der Waals surface area contributed by atoms with Gasteiger partial charge in [-0.25, -0.2) is 4.98 Å². The number of rotatable bonds is 5. The fourth-order valence-corrected chi connectivity index (χ4v) is 1.23. The first-order valence-electron chi connectivity index (χ1n) is 5.14. The topological polar surface area (TPSA) is 56.3 Å². The van der Waals surface area contributed by atoms with Gasteiger partial charge in [0.1, 0.15) is 6.10 Å². The second-order valence-electron chi connectivity index (χ2n) is 3.41. The van der Waals surface area contributed by atoms with E-state index >= 15 is 0 Å². The maximum absolute atomic E-state index is 5.54. The monoisotopic (exact) mass is 209 g/mol. The third-order valence-electron chi connectivity index (χ3n) is 2.11. The number of hydrogen-bond acceptors (Lipinski definition) is 5. The van der Waals surface area contributed by atoms with E-state index in [0.29, 0.717) is 19.1 Å². The van der Waals surface area contributed by atoms with Crippen LogP contribution in [0, 0.1) is 0 Å². The minimum atomic E-state index is 0.147. The van der Waals surface area contributed by atoms with Crippen LogP contribution in [0.4, 0.5) is 0 Å². The lowest BCUT2D eigenvalue weighted by atomic mass is 10.3. The molecule has 82 valence electrons. The second kappa shape index (κ2) is 5.04. The van der Waals surface area contributed by atoms with Gasteiger partial charge in [0.25, 0.3) is 0 Å². The van der Waals surface area contributed by atoms with E-state index in [1.54, 1.807) is 12.4 Å². The van der Waals surface area contributed by atoms with Crippen LogP contribution in [-0.2, 0) is 11.3 Å². The minimum absolute atomic E-state index is 0.147. The molecule has 0 amide bonds. The van der Waals surface area contributed by atoms with Crippen molar-refractivity contribution in [2.24, 2.45) is 0 Å². The predicted octanol–water partition coefficient (Wildman–Crippen LogP) is 0.364. The zero-order valence-corrected chi connectivity index (χ0v) is 8.77. The summed E-state index contributed by atoms with van der Waals surface area (Å²) in [6, 6.07) is 0. The minimum Gasteiger partial charge on any atom is -0.468 e. The highest BCUT2D eigenvalue weighted by Gasteiger charge is 2.20. The maximum atomic E-state index is 5.54. The first kappa shape index (κ1) is 10.3. The fraction of sp³-hybridized carbons (Fsp3) is 0.600. The van der Waals surface area contributed by atoms with E-state index in [1.165, 1.54) is 0 Å². The van der Waals surface area contributed by atoms with E-state index in [-0.39, 0.29) is 6.10 Å². The quantitative estimate of drug-likeness (QED) is 0.759. The number of hydrogen-bond donors (Lipinski definition) is 1. The molecule has 1 aliphatic rings. The molecule has 1 aromatic rings. The number of ether oxygens (including phenoxy) is 2. The van der Waals surface area contributed by atoms with Crippen LogP contribution in [0.2, 0.25) is 0 Å². The highest BCUT2D eigenvalue weighted by atomic mass is 16.6. The summed E-state index contributed by atoms with van der Waals surface area (Å²) in [5, 5.41) is 3.19. The van der Waals surface area contributed by atoms with E-state index in [2.05, 4.69) is 22.2 Å². The Morgan fingerprint density at radius 2 is 2.40 bits per heavy atom. The van der Waals surface area contributed by atoms with E-state index in [0.717, 1.165) is 18.8 Å². The van der Waals surface area contributed by atoms with Gasteiger partial charge in [-0.3, -0.25) is 4.98 Å². The van der Waals surface area contributed by atoms with Crippen molar-refractivity contribution in [2.75, 3.05) is 19.8 Å². The summed E-state index contributed by atoms with van der Waals surface area (Å²) < 4.78 is 10.6. The Morgan fingerprint density at radius 1 is 1.53 bits per heavy atom. The average molecular weight is 209 g/mol. The molecule has 2 heterocycles. The standard InChI is InChI=1S/C10H15N3O2/c1-2-11-3-8-4-12-5-10(13-8)15-9-6-14-7-9/h4-5,9,11H,2-3,6-7H2,1H3. The van der Waals surface area contributed by atoms with Gasteiger partial charge in [-0.2, -0.15) is 0 Å². The normalized spacial score (nSPS) is 16.1. The molecular weight excluding hydrogens is 194 g/mol. The Balaban J connectivity index is 1.92. The molecule has 1 saturated heterocycles. The summed E-state index contributed by atoms with van der Waals surface area (Å²) in [7, 11) is 0. The third kappa shape index (κ3) is 2.87. The molecule has 0 saturated carbocycles.